The van der Waals surface area contributed by atoms with Crippen LogP contribution in [0, 0.1) is 17.5 Å². The van der Waals surface area contributed by atoms with Gasteiger partial charge in [0.15, 0.2) is 11.6 Å². The number of carbonyl (C=O) groups is 1. The molecule has 0 spiro atoms. The van der Waals surface area contributed by atoms with E-state index >= 15 is 4.39 Å². The Balaban J connectivity index is 2.15. The van der Waals surface area contributed by atoms with Gasteiger partial charge in [0.2, 0.25) is 5.43 Å². The van der Waals surface area contributed by atoms with Crippen molar-refractivity contribution in [1.82, 2.24) is 4.57 Å². The number of hydrogen-bond acceptors (Lipinski definition) is 5. The van der Waals surface area contributed by atoms with Crippen molar-refractivity contribution in [3.8, 4) is 11.4 Å². The van der Waals surface area contributed by atoms with E-state index in [4.69, 9.17) is 4.74 Å². The molecule has 0 saturated carbocycles. The minimum absolute atomic E-state index is 0.0507. The van der Waals surface area contributed by atoms with Crippen LogP contribution in [0.25, 0.3) is 16.6 Å². The van der Waals surface area contributed by atoms with Crippen molar-refractivity contribution in [1.29, 1.82) is 0 Å². The number of rotatable bonds is 4. The molecule has 1 saturated heterocycles. The van der Waals surface area contributed by atoms with Crippen LogP contribution in [-0.4, -0.2) is 47.1 Å². The number of pyridine rings is 1. The van der Waals surface area contributed by atoms with E-state index in [-0.39, 0.29) is 34.6 Å². The predicted molar refractivity (Wildman–Crippen MR) is 106 cm³/mol. The van der Waals surface area contributed by atoms with E-state index in [1.165, 1.54) is 12.0 Å². The van der Waals surface area contributed by atoms with Gasteiger partial charge in [-0.25, -0.2) is 18.0 Å². The summed E-state index contributed by atoms with van der Waals surface area (Å²) in [7, 11) is 1.23. The molecule has 4 rings (SSSR count). The van der Waals surface area contributed by atoms with E-state index in [2.05, 4.69) is 0 Å². The SMILES string of the molecule is COc1c(N2CCC(O)C2)c(F)cc2c(=O)c(C(=O)O)cn(-c3ccc(F)cc3F)c12. The van der Waals surface area contributed by atoms with Gasteiger partial charge in [-0.05, 0) is 24.6 Å². The number of anilines is 1. The Hall–Kier alpha value is -3.53. The molecule has 7 nitrogen and oxygen atoms in total. The van der Waals surface area contributed by atoms with Crippen LogP contribution >= 0.6 is 0 Å². The molecule has 162 valence electrons. The fourth-order valence-electron chi connectivity index (χ4n) is 3.87. The smallest absolute Gasteiger partial charge is 0.341 e. The first-order chi connectivity index (χ1) is 14.7. The number of benzene rings is 2. The lowest BCUT2D eigenvalue weighted by atomic mass is 10.1. The molecular formula is C21H17F3N2O5. The fraction of sp³-hybridized carbons (Fsp3) is 0.238. The molecule has 0 amide bonds. The van der Waals surface area contributed by atoms with E-state index in [0.717, 1.165) is 29.0 Å². The molecule has 3 aromatic rings. The Bertz CT molecular complexity index is 1270. The van der Waals surface area contributed by atoms with Gasteiger partial charge in [0.25, 0.3) is 0 Å². The summed E-state index contributed by atoms with van der Waals surface area (Å²) in [6.07, 6.45) is 0.593. The number of carboxylic acids is 1. The van der Waals surface area contributed by atoms with Gasteiger partial charge >= 0.3 is 5.97 Å². The van der Waals surface area contributed by atoms with E-state index < -0.39 is 40.5 Å². The number of halogens is 3. The van der Waals surface area contributed by atoms with Crippen LogP contribution in [0.3, 0.4) is 0 Å². The third-order valence-corrected chi connectivity index (χ3v) is 5.25. The van der Waals surface area contributed by atoms with Gasteiger partial charge in [0.05, 0.1) is 24.3 Å². The lowest BCUT2D eigenvalue weighted by Crippen LogP contribution is -2.25. The molecule has 1 aliphatic rings. The van der Waals surface area contributed by atoms with Gasteiger partial charge in [-0.2, -0.15) is 0 Å². The second kappa shape index (κ2) is 7.62. The van der Waals surface area contributed by atoms with Crippen molar-refractivity contribution < 1.29 is 32.9 Å². The van der Waals surface area contributed by atoms with Crippen LogP contribution in [0.1, 0.15) is 16.8 Å². The number of methoxy groups -OCH3 is 1. The van der Waals surface area contributed by atoms with Gasteiger partial charge in [-0.3, -0.25) is 4.79 Å². The minimum Gasteiger partial charge on any atom is -0.492 e. The Morgan fingerprint density at radius 2 is 1.94 bits per heavy atom. The molecule has 1 unspecified atom stereocenters. The number of nitrogens with zero attached hydrogens (tertiary/aromatic N) is 2. The summed E-state index contributed by atoms with van der Waals surface area (Å²) in [5, 5.41) is 18.9. The molecule has 1 fully saturated rings. The average Bonchev–Trinajstić information content (AvgIpc) is 3.13. The molecule has 2 N–H and O–H groups in total. The van der Waals surface area contributed by atoms with Crippen molar-refractivity contribution in [2.75, 3.05) is 25.1 Å². The molecule has 2 heterocycles. The van der Waals surface area contributed by atoms with E-state index in [1.54, 1.807) is 0 Å². The summed E-state index contributed by atoms with van der Waals surface area (Å²) >= 11 is 0. The van der Waals surface area contributed by atoms with Crippen molar-refractivity contribution in [3.05, 3.63) is 63.7 Å². The minimum atomic E-state index is -1.59. The van der Waals surface area contributed by atoms with Crippen LogP contribution in [0.15, 0.2) is 35.3 Å². The maximum Gasteiger partial charge on any atom is 0.341 e. The van der Waals surface area contributed by atoms with Gasteiger partial charge in [-0.1, -0.05) is 0 Å². The van der Waals surface area contributed by atoms with Crippen molar-refractivity contribution in [2.24, 2.45) is 0 Å². The number of aliphatic hydroxyl groups excluding tert-OH is 1. The quantitative estimate of drug-likeness (QED) is 0.656. The molecular weight excluding hydrogens is 417 g/mol. The largest absolute Gasteiger partial charge is 0.492 e. The summed E-state index contributed by atoms with van der Waals surface area (Å²) < 4.78 is 49.6. The molecule has 31 heavy (non-hydrogen) atoms. The van der Waals surface area contributed by atoms with E-state index in [9.17, 15) is 28.6 Å². The standard InChI is InChI=1S/C21H17F3N2O5/c1-31-20-17-12(7-15(24)18(20)25-5-4-11(27)8-25)19(28)13(21(29)30)9-26(17)16-3-2-10(22)6-14(16)23/h2-3,6-7,9,11,27H,4-5,8H2,1H3,(H,29,30). The molecule has 2 aromatic carbocycles. The maximum absolute atomic E-state index is 15.1. The first-order valence-electron chi connectivity index (χ1n) is 9.30. The Morgan fingerprint density at radius 1 is 1.19 bits per heavy atom. The third kappa shape index (κ3) is 3.38. The van der Waals surface area contributed by atoms with Gasteiger partial charge in [0, 0.05) is 25.4 Å². The average molecular weight is 434 g/mol. The zero-order valence-electron chi connectivity index (χ0n) is 16.2. The first kappa shape index (κ1) is 20.7. The van der Waals surface area contributed by atoms with Gasteiger partial charge in [0.1, 0.15) is 28.4 Å². The molecule has 1 aliphatic heterocycles. The number of β-amino-alcohol motifs (C(OH)–C–C–N with tert-alkyl or cyclic N) is 1. The monoisotopic (exact) mass is 434 g/mol. The van der Waals surface area contributed by atoms with Crippen molar-refractivity contribution in [3.63, 3.8) is 0 Å². The topological polar surface area (TPSA) is 92.0 Å². The number of aromatic carboxylic acids is 1. The number of hydrogen-bond donors (Lipinski definition) is 2. The third-order valence-electron chi connectivity index (χ3n) is 5.25. The van der Waals surface area contributed by atoms with E-state index in [1.807, 2.05) is 0 Å². The highest BCUT2D eigenvalue weighted by molar-refractivity contribution is 5.97. The Kier molecular flexibility index (Phi) is 5.10. The summed E-state index contributed by atoms with van der Waals surface area (Å²) in [6.45, 7) is 0.420. The van der Waals surface area contributed by atoms with Gasteiger partial charge < -0.3 is 24.4 Å². The molecule has 0 aliphatic carbocycles. The second-order valence-electron chi connectivity index (χ2n) is 7.17. The normalized spacial score (nSPS) is 16.2. The van der Waals surface area contributed by atoms with Crippen molar-refractivity contribution in [2.45, 2.75) is 12.5 Å². The summed E-state index contributed by atoms with van der Waals surface area (Å²) in [4.78, 5) is 25.9. The number of aliphatic hydroxyl groups is 1. The Labute approximate surface area is 173 Å². The maximum atomic E-state index is 15.1. The highest BCUT2D eigenvalue weighted by atomic mass is 19.1. The molecule has 1 aromatic heterocycles. The van der Waals surface area contributed by atoms with E-state index in [0.29, 0.717) is 19.0 Å². The van der Waals surface area contributed by atoms with Crippen LogP contribution in [-0.2, 0) is 0 Å². The zero-order valence-corrected chi connectivity index (χ0v) is 16.2. The lowest BCUT2D eigenvalue weighted by Gasteiger charge is -2.24. The summed E-state index contributed by atoms with van der Waals surface area (Å²) in [5.74, 6) is -4.46. The first-order valence-corrected chi connectivity index (χ1v) is 9.30. The molecule has 0 radical (unpaired) electrons. The molecule has 1 atom stereocenters. The zero-order chi connectivity index (χ0) is 22.4. The van der Waals surface area contributed by atoms with Crippen LogP contribution in [0.5, 0.6) is 5.75 Å². The highest BCUT2D eigenvalue weighted by Gasteiger charge is 2.30. The lowest BCUT2D eigenvalue weighted by molar-refractivity contribution is 0.0695. The highest BCUT2D eigenvalue weighted by Crippen LogP contribution is 2.40. The fourth-order valence-corrected chi connectivity index (χ4v) is 3.87. The van der Waals surface area contributed by atoms with Crippen LogP contribution in [0.4, 0.5) is 18.9 Å². The number of ether oxygens (including phenoxy) is 1. The number of aromatic nitrogens is 1. The Morgan fingerprint density at radius 3 is 2.52 bits per heavy atom. The summed E-state index contributed by atoms with van der Waals surface area (Å²) in [6, 6.07) is 3.51. The summed E-state index contributed by atoms with van der Waals surface area (Å²) in [5.41, 5.74) is -2.09. The molecule has 0 bridgehead atoms. The number of carboxylic acid groups (broad SMARTS) is 1. The second-order valence-corrected chi connectivity index (χ2v) is 7.17. The molecule has 10 heteroatoms. The van der Waals surface area contributed by atoms with Crippen molar-refractivity contribution >= 4 is 22.6 Å². The van der Waals surface area contributed by atoms with Crippen LogP contribution in [0.2, 0.25) is 0 Å². The predicted octanol–water partition coefficient (Wildman–Crippen LogP) is 2.69. The van der Waals surface area contributed by atoms with Crippen LogP contribution < -0.4 is 15.1 Å². The van der Waals surface area contributed by atoms with Gasteiger partial charge in [-0.15, -0.1) is 0 Å². The number of fused-ring (bicyclic) bond motifs is 1.